The van der Waals surface area contributed by atoms with Crippen LogP contribution in [0.4, 0.5) is 5.69 Å². The number of benzene rings is 3. The van der Waals surface area contributed by atoms with E-state index in [1.165, 1.54) is 11.8 Å². The van der Waals surface area contributed by atoms with Crippen molar-refractivity contribution >= 4 is 56.8 Å². The number of hydrogen-bond acceptors (Lipinski definition) is 3. The SMILES string of the molecule is C[C@@H](Sc1nc2ccc(Cl)cc2[nH]1)C(=O)Nc1cccc2ccccc12. The van der Waals surface area contributed by atoms with Crippen LogP contribution in [-0.2, 0) is 4.79 Å². The molecule has 0 aliphatic rings. The highest BCUT2D eigenvalue weighted by atomic mass is 35.5. The van der Waals surface area contributed by atoms with Crippen LogP contribution < -0.4 is 5.32 Å². The van der Waals surface area contributed by atoms with Gasteiger partial charge in [-0.05, 0) is 36.6 Å². The predicted octanol–water partition coefficient (Wildman–Crippen LogP) is 5.49. The van der Waals surface area contributed by atoms with E-state index in [1.54, 1.807) is 6.07 Å². The summed E-state index contributed by atoms with van der Waals surface area (Å²) in [5, 5.41) is 6.20. The zero-order valence-electron chi connectivity index (χ0n) is 14.0. The van der Waals surface area contributed by atoms with Crippen LogP contribution in [0.1, 0.15) is 6.92 Å². The molecule has 4 aromatic rings. The third-order valence-electron chi connectivity index (χ3n) is 4.13. The lowest BCUT2D eigenvalue weighted by atomic mass is 10.1. The Labute approximate surface area is 160 Å². The van der Waals surface area contributed by atoms with Crippen LogP contribution in [0, 0.1) is 0 Å². The van der Waals surface area contributed by atoms with Crippen molar-refractivity contribution in [3.63, 3.8) is 0 Å². The van der Waals surface area contributed by atoms with E-state index in [9.17, 15) is 4.79 Å². The molecule has 4 rings (SSSR count). The molecule has 0 spiro atoms. The maximum Gasteiger partial charge on any atom is 0.237 e. The lowest BCUT2D eigenvalue weighted by molar-refractivity contribution is -0.115. The van der Waals surface area contributed by atoms with E-state index >= 15 is 0 Å². The third kappa shape index (κ3) is 3.41. The van der Waals surface area contributed by atoms with E-state index < -0.39 is 0 Å². The van der Waals surface area contributed by atoms with E-state index in [0.717, 1.165) is 27.5 Å². The van der Waals surface area contributed by atoms with Crippen LogP contribution in [0.15, 0.2) is 65.8 Å². The summed E-state index contributed by atoms with van der Waals surface area (Å²) < 4.78 is 0. The summed E-state index contributed by atoms with van der Waals surface area (Å²) in [5.41, 5.74) is 2.51. The molecule has 0 bridgehead atoms. The first kappa shape index (κ1) is 16.9. The zero-order valence-corrected chi connectivity index (χ0v) is 15.6. The van der Waals surface area contributed by atoms with Gasteiger partial charge >= 0.3 is 0 Å². The topological polar surface area (TPSA) is 57.8 Å². The van der Waals surface area contributed by atoms with Gasteiger partial charge in [0.1, 0.15) is 0 Å². The van der Waals surface area contributed by atoms with E-state index in [4.69, 9.17) is 11.6 Å². The number of nitrogens with zero attached hydrogens (tertiary/aromatic N) is 1. The molecule has 2 N–H and O–H groups in total. The fourth-order valence-corrected chi connectivity index (χ4v) is 3.80. The normalized spacial score (nSPS) is 12.4. The van der Waals surface area contributed by atoms with Crippen LogP contribution in [0.5, 0.6) is 0 Å². The molecule has 0 fully saturated rings. The van der Waals surface area contributed by atoms with E-state index in [0.29, 0.717) is 10.2 Å². The molecule has 0 saturated heterocycles. The highest BCUT2D eigenvalue weighted by Gasteiger charge is 2.17. The van der Waals surface area contributed by atoms with Gasteiger partial charge in [0.15, 0.2) is 5.16 Å². The maximum absolute atomic E-state index is 12.6. The minimum absolute atomic E-state index is 0.0650. The Hall–Kier alpha value is -2.50. The molecule has 0 saturated carbocycles. The van der Waals surface area contributed by atoms with Gasteiger partial charge in [0.25, 0.3) is 0 Å². The van der Waals surface area contributed by atoms with E-state index in [-0.39, 0.29) is 11.2 Å². The summed E-state index contributed by atoms with van der Waals surface area (Å²) >= 11 is 7.39. The second-order valence-electron chi connectivity index (χ2n) is 5.98. The van der Waals surface area contributed by atoms with Crippen molar-refractivity contribution < 1.29 is 4.79 Å². The summed E-state index contributed by atoms with van der Waals surface area (Å²) in [5.74, 6) is -0.0650. The Bertz CT molecular complexity index is 1100. The van der Waals surface area contributed by atoms with Crippen LogP contribution in [-0.4, -0.2) is 21.1 Å². The number of aromatic amines is 1. The minimum Gasteiger partial charge on any atom is -0.333 e. The second kappa shape index (κ2) is 7.02. The Morgan fingerprint density at radius 2 is 1.96 bits per heavy atom. The Kier molecular flexibility index (Phi) is 4.57. The fraction of sp³-hybridized carbons (Fsp3) is 0.100. The Morgan fingerprint density at radius 3 is 2.85 bits per heavy atom. The largest absolute Gasteiger partial charge is 0.333 e. The molecule has 6 heteroatoms. The number of anilines is 1. The predicted molar refractivity (Wildman–Crippen MR) is 109 cm³/mol. The monoisotopic (exact) mass is 381 g/mol. The number of aromatic nitrogens is 2. The van der Waals surface area contributed by atoms with Gasteiger partial charge in [-0.25, -0.2) is 4.98 Å². The van der Waals surface area contributed by atoms with Gasteiger partial charge in [0.2, 0.25) is 5.91 Å². The van der Waals surface area contributed by atoms with Crippen molar-refractivity contribution in [2.24, 2.45) is 0 Å². The molecule has 1 amide bonds. The highest BCUT2D eigenvalue weighted by Crippen LogP contribution is 2.27. The van der Waals surface area contributed by atoms with Gasteiger partial charge in [-0.3, -0.25) is 4.79 Å². The molecule has 130 valence electrons. The molecule has 0 aliphatic heterocycles. The number of halogens is 1. The quantitative estimate of drug-likeness (QED) is 0.459. The molecular formula is C20H16ClN3OS. The number of fused-ring (bicyclic) bond motifs is 2. The minimum atomic E-state index is -0.301. The number of thioether (sulfide) groups is 1. The lowest BCUT2D eigenvalue weighted by Gasteiger charge is -2.12. The number of rotatable bonds is 4. The summed E-state index contributed by atoms with van der Waals surface area (Å²) in [6, 6.07) is 19.4. The second-order valence-corrected chi connectivity index (χ2v) is 7.75. The van der Waals surface area contributed by atoms with Crippen LogP contribution in [0.2, 0.25) is 5.02 Å². The molecule has 26 heavy (non-hydrogen) atoms. The number of amides is 1. The van der Waals surface area contributed by atoms with Gasteiger partial charge < -0.3 is 10.3 Å². The Balaban J connectivity index is 1.51. The summed E-state index contributed by atoms with van der Waals surface area (Å²) in [4.78, 5) is 20.3. The van der Waals surface area contributed by atoms with Crippen molar-refractivity contribution in [3.05, 3.63) is 65.7 Å². The maximum atomic E-state index is 12.6. The number of imidazole rings is 1. The van der Waals surface area contributed by atoms with Crippen molar-refractivity contribution in [2.75, 3.05) is 5.32 Å². The smallest absolute Gasteiger partial charge is 0.237 e. The van der Waals surface area contributed by atoms with Crippen molar-refractivity contribution in [2.45, 2.75) is 17.3 Å². The Morgan fingerprint density at radius 1 is 1.15 bits per heavy atom. The number of H-pyrrole nitrogens is 1. The van der Waals surface area contributed by atoms with Crippen LogP contribution in [0.3, 0.4) is 0 Å². The summed E-state index contributed by atoms with van der Waals surface area (Å²) in [7, 11) is 0. The van der Waals surface area contributed by atoms with Crippen molar-refractivity contribution in [1.29, 1.82) is 0 Å². The standard InChI is InChI=1S/C20H16ClN3OS/c1-12(26-20-23-17-10-9-14(21)11-18(17)24-20)19(25)22-16-8-4-6-13-5-2-3-7-15(13)16/h2-12H,1H3,(H,22,25)(H,23,24)/t12-/m1/s1. The summed E-state index contributed by atoms with van der Waals surface area (Å²) in [6.07, 6.45) is 0. The van der Waals surface area contributed by atoms with Crippen molar-refractivity contribution in [1.82, 2.24) is 9.97 Å². The average molecular weight is 382 g/mol. The third-order valence-corrected chi connectivity index (χ3v) is 5.35. The first-order valence-corrected chi connectivity index (χ1v) is 9.46. The first-order valence-electron chi connectivity index (χ1n) is 8.21. The molecule has 4 nitrogen and oxygen atoms in total. The molecule has 1 heterocycles. The summed E-state index contributed by atoms with van der Waals surface area (Å²) in [6.45, 7) is 1.87. The number of carbonyl (C=O) groups excluding carboxylic acids is 1. The van der Waals surface area contributed by atoms with Gasteiger partial charge in [0.05, 0.1) is 16.3 Å². The number of carbonyl (C=O) groups is 1. The molecule has 0 radical (unpaired) electrons. The lowest BCUT2D eigenvalue weighted by Crippen LogP contribution is -2.22. The van der Waals surface area contributed by atoms with Crippen molar-refractivity contribution in [3.8, 4) is 0 Å². The van der Waals surface area contributed by atoms with Crippen LogP contribution >= 0.6 is 23.4 Å². The van der Waals surface area contributed by atoms with E-state index in [2.05, 4.69) is 15.3 Å². The first-order chi connectivity index (χ1) is 12.6. The van der Waals surface area contributed by atoms with Gasteiger partial charge in [0, 0.05) is 16.1 Å². The molecule has 1 aromatic heterocycles. The van der Waals surface area contributed by atoms with Crippen LogP contribution in [0.25, 0.3) is 21.8 Å². The molecule has 0 unspecified atom stereocenters. The fourth-order valence-electron chi connectivity index (χ4n) is 2.80. The van der Waals surface area contributed by atoms with Gasteiger partial charge in [-0.15, -0.1) is 0 Å². The molecule has 1 atom stereocenters. The van der Waals surface area contributed by atoms with Gasteiger partial charge in [-0.2, -0.15) is 0 Å². The molecule has 0 aliphatic carbocycles. The van der Waals surface area contributed by atoms with E-state index in [1.807, 2.05) is 61.5 Å². The number of hydrogen-bond donors (Lipinski definition) is 2. The zero-order chi connectivity index (χ0) is 18.1. The highest BCUT2D eigenvalue weighted by molar-refractivity contribution is 8.00. The number of nitrogens with one attached hydrogen (secondary N) is 2. The average Bonchev–Trinajstić information content (AvgIpc) is 3.03. The molecule has 3 aromatic carbocycles. The van der Waals surface area contributed by atoms with Gasteiger partial charge in [-0.1, -0.05) is 59.8 Å². The molecular weight excluding hydrogens is 366 g/mol.